The van der Waals surface area contributed by atoms with Gasteiger partial charge >= 0.3 is 0 Å². The lowest BCUT2D eigenvalue weighted by molar-refractivity contribution is -0.116. The van der Waals surface area contributed by atoms with Gasteiger partial charge in [0.05, 0.1) is 6.20 Å². The van der Waals surface area contributed by atoms with Gasteiger partial charge in [0, 0.05) is 61.3 Å². The van der Waals surface area contributed by atoms with E-state index in [0.29, 0.717) is 54.8 Å². The van der Waals surface area contributed by atoms with Crippen LogP contribution >= 0.6 is 0 Å². The Balaban J connectivity index is 1.54. The van der Waals surface area contributed by atoms with E-state index in [9.17, 15) is 9.59 Å². The summed E-state index contributed by atoms with van der Waals surface area (Å²) in [6.07, 6.45) is 4.57. The third-order valence-electron chi connectivity index (χ3n) is 6.78. The molecule has 4 bridgehead atoms. The molecule has 0 atom stereocenters. The second-order valence-electron chi connectivity index (χ2n) is 9.50. The molecule has 0 aliphatic carbocycles. The predicted octanol–water partition coefficient (Wildman–Crippen LogP) is 3.72. The highest BCUT2D eigenvalue weighted by Crippen LogP contribution is 2.28. The first kappa shape index (κ1) is 26.1. The number of hydrogen-bond donors (Lipinski definition) is 3. The molecule has 0 unspecified atom stereocenters. The van der Waals surface area contributed by atoms with Crippen molar-refractivity contribution in [1.82, 2.24) is 24.5 Å². The molecule has 11 heteroatoms. The number of nitrogens with two attached hydrogens (primary N) is 1. The SMILES string of the molecule is CCN(CCN)C(=O)c1cccc(Nc2nc3nc4c(cnn24)CCCCC(=O)Nc2cccc(c2)N3C)c1. The molecule has 3 heterocycles. The van der Waals surface area contributed by atoms with Crippen LogP contribution in [0.3, 0.4) is 0 Å². The molecular weight excluding hydrogens is 494 g/mol. The summed E-state index contributed by atoms with van der Waals surface area (Å²) in [6.45, 7) is 3.42. The first-order valence-electron chi connectivity index (χ1n) is 13.2. The zero-order valence-corrected chi connectivity index (χ0v) is 22.2. The molecule has 4 N–H and O–H groups in total. The van der Waals surface area contributed by atoms with Crippen LogP contribution in [0.2, 0.25) is 0 Å². The van der Waals surface area contributed by atoms with E-state index in [-0.39, 0.29) is 11.8 Å². The number of nitrogens with one attached hydrogen (secondary N) is 2. The minimum Gasteiger partial charge on any atom is -0.338 e. The number of aromatic nitrogens is 4. The molecule has 1 aliphatic heterocycles. The highest BCUT2D eigenvalue weighted by atomic mass is 16.2. The van der Waals surface area contributed by atoms with Gasteiger partial charge in [0.25, 0.3) is 5.91 Å². The van der Waals surface area contributed by atoms with Crippen molar-refractivity contribution >= 4 is 46.4 Å². The van der Waals surface area contributed by atoms with Crippen LogP contribution in [0.1, 0.15) is 42.1 Å². The Morgan fingerprint density at radius 2 is 1.95 bits per heavy atom. The number of rotatable bonds is 6. The lowest BCUT2D eigenvalue weighted by atomic mass is 10.1. The number of hydrogen-bond acceptors (Lipinski definition) is 8. The molecule has 0 spiro atoms. The number of benzene rings is 2. The number of aryl methyl sites for hydroxylation is 1. The van der Waals surface area contributed by atoms with Crippen molar-refractivity contribution in [2.75, 3.05) is 42.2 Å². The molecule has 2 aromatic carbocycles. The molecule has 4 aromatic rings. The summed E-state index contributed by atoms with van der Waals surface area (Å²) in [7, 11) is 1.88. The number of carbonyl (C=O) groups is 2. The van der Waals surface area contributed by atoms with Crippen molar-refractivity contribution < 1.29 is 9.59 Å². The van der Waals surface area contributed by atoms with Crippen LogP contribution in [-0.2, 0) is 11.2 Å². The van der Waals surface area contributed by atoms with Gasteiger partial charge < -0.3 is 26.2 Å². The molecule has 5 rings (SSSR count). The first-order chi connectivity index (χ1) is 19.0. The summed E-state index contributed by atoms with van der Waals surface area (Å²) in [5.41, 5.74) is 10.2. The minimum absolute atomic E-state index is 0.000861. The Bertz CT molecular complexity index is 1500. The fourth-order valence-corrected chi connectivity index (χ4v) is 4.65. The van der Waals surface area contributed by atoms with Gasteiger partial charge in [-0.05, 0) is 62.6 Å². The standard InChI is InChI=1S/C28H33N9O2/c1-3-36(15-14-29)26(39)19-9-6-10-21(16-19)32-28-34-27-33-25-20(18-30-37(25)28)8-4-5-13-24(38)31-22-11-7-12-23(17-22)35(27)2/h6-7,9-12,16-18H,3-5,8,13-15,29H2,1-2H3,(H,31,38)(H,32,33,34). The summed E-state index contributed by atoms with van der Waals surface area (Å²) in [5, 5.41) is 10.9. The van der Waals surface area contributed by atoms with Crippen LogP contribution in [-0.4, -0.2) is 63.0 Å². The Morgan fingerprint density at radius 1 is 1.13 bits per heavy atom. The normalized spacial score (nSPS) is 13.7. The summed E-state index contributed by atoms with van der Waals surface area (Å²) in [5.74, 6) is 0.872. The number of anilines is 5. The number of nitrogens with zero attached hydrogens (tertiary/aromatic N) is 6. The van der Waals surface area contributed by atoms with Gasteiger partial charge in [-0.1, -0.05) is 12.1 Å². The average Bonchev–Trinajstić information content (AvgIpc) is 3.36. The van der Waals surface area contributed by atoms with Gasteiger partial charge in [-0.3, -0.25) is 9.59 Å². The highest BCUT2D eigenvalue weighted by Gasteiger charge is 2.19. The molecular formula is C28H33N9O2. The average molecular weight is 528 g/mol. The van der Waals surface area contributed by atoms with E-state index in [4.69, 9.17) is 15.7 Å². The van der Waals surface area contributed by atoms with Crippen LogP contribution in [0.25, 0.3) is 5.65 Å². The number of likely N-dealkylation sites (N-methyl/N-ethyl adjacent to an activating group) is 1. The molecule has 202 valence electrons. The van der Waals surface area contributed by atoms with E-state index in [1.165, 1.54) is 0 Å². The largest absolute Gasteiger partial charge is 0.338 e. The second kappa shape index (κ2) is 11.5. The van der Waals surface area contributed by atoms with Crippen molar-refractivity contribution in [3.05, 3.63) is 65.9 Å². The monoisotopic (exact) mass is 527 g/mol. The maximum atomic E-state index is 13.0. The second-order valence-corrected chi connectivity index (χ2v) is 9.50. The van der Waals surface area contributed by atoms with Gasteiger partial charge in [-0.2, -0.15) is 19.6 Å². The minimum atomic E-state index is -0.0744. The zero-order chi connectivity index (χ0) is 27.4. The summed E-state index contributed by atoms with van der Waals surface area (Å²) in [4.78, 5) is 38.7. The van der Waals surface area contributed by atoms with Crippen LogP contribution in [0.15, 0.2) is 54.7 Å². The maximum absolute atomic E-state index is 13.0. The summed E-state index contributed by atoms with van der Waals surface area (Å²) in [6, 6.07) is 14.9. The Kier molecular flexibility index (Phi) is 7.69. The molecule has 11 nitrogen and oxygen atoms in total. The van der Waals surface area contributed by atoms with Gasteiger partial charge in [-0.25, -0.2) is 0 Å². The molecule has 39 heavy (non-hydrogen) atoms. The van der Waals surface area contributed by atoms with E-state index in [2.05, 4.69) is 15.7 Å². The number of amides is 2. The van der Waals surface area contributed by atoms with E-state index >= 15 is 0 Å². The zero-order valence-electron chi connectivity index (χ0n) is 22.2. The van der Waals surface area contributed by atoms with Crippen molar-refractivity contribution in [2.24, 2.45) is 5.73 Å². The van der Waals surface area contributed by atoms with Crippen molar-refractivity contribution in [3.8, 4) is 0 Å². The topological polar surface area (TPSA) is 134 Å². The fraction of sp³-hybridized carbons (Fsp3) is 0.321. The third kappa shape index (κ3) is 5.68. The predicted molar refractivity (Wildman–Crippen MR) is 152 cm³/mol. The molecule has 0 fully saturated rings. The van der Waals surface area contributed by atoms with Crippen molar-refractivity contribution in [2.45, 2.75) is 32.6 Å². The summed E-state index contributed by atoms with van der Waals surface area (Å²) < 4.78 is 1.68. The molecule has 0 radical (unpaired) electrons. The summed E-state index contributed by atoms with van der Waals surface area (Å²) >= 11 is 0. The van der Waals surface area contributed by atoms with E-state index in [0.717, 1.165) is 36.2 Å². The third-order valence-corrected chi connectivity index (χ3v) is 6.78. The lowest BCUT2D eigenvalue weighted by Gasteiger charge is -2.21. The van der Waals surface area contributed by atoms with Crippen LogP contribution < -0.4 is 21.3 Å². The van der Waals surface area contributed by atoms with Crippen molar-refractivity contribution in [1.29, 1.82) is 0 Å². The molecule has 1 aliphatic rings. The molecule has 2 aromatic heterocycles. The van der Waals surface area contributed by atoms with Crippen LogP contribution in [0.4, 0.5) is 29.0 Å². The van der Waals surface area contributed by atoms with Gasteiger partial charge in [0.1, 0.15) is 0 Å². The first-order valence-corrected chi connectivity index (χ1v) is 13.2. The number of carbonyl (C=O) groups excluding carboxylic acids is 2. The lowest BCUT2D eigenvalue weighted by Crippen LogP contribution is -2.35. The smallest absolute Gasteiger partial charge is 0.253 e. The van der Waals surface area contributed by atoms with Gasteiger partial charge in [0.15, 0.2) is 5.65 Å². The molecule has 2 amide bonds. The van der Waals surface area contributed by atoms with Crippen molar-refractivity contribution in [3.63, 3.8) is 0 Å². The Hall–Kier alpha value is -4.51. The van der Waals surface area contributed by atoms with Gasteiger partial charge in [0.2, 0.25) is 17.8 Å². The van der Waals surface area contributed by atoms with Crippen LogP contribution in [0.5, 0.6) is 0 Å². The maximum Gasteiger partial charge on any atom is 0.253 e. The Labute approximate surface area is 227 Å². The Morgan fingerprint density at radius 3 is 2.77 bits per heavy atom. The van der Waals surface area contributed by atoms with Gasteiger partial charge in [-0.15, -0.1) is 0 Å². The fourth-order valence-electron chi connectivity index (χ4n) is 4.65. The molecule has 0 saturated heterocycles. The van der Waals surface area contributed by atoms with Crippen LogP contribution in [0, 0.1) is 0 Å². The quantitative estimate of drug-likeness (QED) is 0.345. The highest BCUT2D eigenvalue weighted by molar-refractivity contribution is 5.95. The number of fused-ring (bicyclic) bond motifs is 3. The van der Waals surface area contributed by atoms with E-state index in [1.54, 1.807) is 27.7 Å². The van der Waals surface area contributed by atoms with E-state index < -0.39 is 0 Å². The molecule has 0 saturated carbocycles. The van der Waals surface area contributed by atoms with E-state index in [1.807, 2.05) is 55.3 Å².